The predicted molar refractivity (Wildman–Crippen MR) is 84.8 cm³/mol. The highest BCUT2D eigenvalue weighted by Crippen LogP contribution is 2.25. The van der Waals surface area contributed by atoms with Gasteiger partial charge in [0.15, 0.2) is 5.78 Å². The number of ketones is 1. The van der Waals surface area contributed by atoms with Crippen LogP contribution < -0.4 is 0 Å². The molecule has 1 heterocycles. The third-order valence-electron chi connectivity index (χ3n) is 3.02. The van der Waals surface area contributed by atoms with E-state index < -0.39 is 0 Å². The zero-order valence-corrected chi connectivity index (χ0v) is 14.2. The molecule has 0 aliphatic rings. The minimum Gasteiger partial charge on any atom is -0.294 e. The molecule has 3 nitrogen and oxygen atoms in total. The molecule has 0 radical (unpaired) electrons. The summed E-state index contributed by atoms with van der Waals surface area (Å²) in [6.45, 7) is 4.62. The fourth-order valence-electron chi connectivity index (χ4n) is 1.96. The van der Waals surface area contributed by atoms with E-state index in [0.717, 1.165) is 22.4 Å². The molecule has 6 heteroatoms. The number of benzene rings is 1. The number of hydrogen-bond donors (Lipinski definition) is 0. The van der Waals surface area contributed by atoms with Crippen molar-refractivity contribution in [1.29, 1.82) is 0 Å². The number of halogens is 3. The Kier molecular flexibility index (Phi) is 4.89. The molecule has 0 N–H and O–H groups in total. The Hall–Kier alpha value is -0.840. The molecule has 0 aliphatic heterocycles. The molecule has 20 heavy (non-hydrogen) atoms. The average Bonchev–Trinajstić information content (AvgIpc) is 2.69. The Morgan fingerprint density at radius 1 is 1.35 bits per heavy atom. The van der Waals surface area contributed by atoms with Crippen molar-refractivity contribution in [3.05, 3.63) is 49.7 Å². The van der Waals surface area contributed by atoms with Gasteiger partial charge in [-0.3, -0.25) is 9.48 Å². The number of aromatic nitrogens is 2. The molecule has 0 aliphatic carbocycles. The fraction of sp³-hybridized carbons (Fsp3) is 0.286. The van der Waals surface area contributed by atoms with Gasteiger partial charge in [-0.15, -0.1) is 0 Å². The second-order valence-electron chi connectivity index (χ2n) is 4.39. The lowest BCUT2D eigenvalue weighted by Gasteiger charge is -2.06. The van der Waals surface area contributed by atoms with Crippen LogP contribution in [0.4, 0.5) is 0 Å². The minimum atomic E-state index is -0.0149. The van der Waals surface area contributed by atoms with Gasteiger partial charge in [0.2, 0.25) is 0 Å². The van der Waals surface area contributed by atoms with Crippen LogP contribution in [0.15, 0.2) is 22.7 Å². The number of carbonyl (C=O) groups excluding carboxylic acids is 1. The highest BCUT2D eigenvalue weighted by molar-refractivity contribution is 9.10. The highest BCUT2D eigenvalue weighted by atomic mass is 79.9. The van der Waals surface area contributed by atoms with Gasteiger partial charge in [-0.05, 0) is 48.0 Å². The zero-order valence-electron chi connectivity index (χ0n) is 11.1. The zero-order chi connectivity index (χ0) is 14.9. The molecule has 0 amide bonds. The fourth-order valence-corrected chi connectivity index (χ4v) is 2.68. The van der Waals surface area contributed by atoms with Crippen molar-refractivity contribution in [3.8, 4) is 0 Å². The van der Waals surface area contributed by atoms with Crippen LogP contribution in [-0.2, 0) is 13.0 Å². The maximum Gasteiger partial charge on any atom is 0.168 e. The molecule has 0 atom stereocenters. The quantitative estimate of drug-likeness (QED) is 0.725. The van der Waals surface area contributed by atoms with Crippen molar-refractivity contribution >= 4 is 44.9 Å². The Balaban J connectivity index is 2.30. The van der Waals surface area contributed by atoms with Crippen LogP contribution in [0.5, 0.6) is 0 Å². The molecule has 2 rings (SSSR count). The number of rotatable bonds is 4. The highest BCUT2D eigenvalue weighted by Gasteiger charge is 2.17. The summed E-state index contributed by atoms with van der Waals surface area (Å²) in [5, 5.41) is 5.21. The van der Waals surface area contributed by atoms with Gasteiger partial charge < -0.3 is 0 Å². The summed E-state index contributed by atoms with van der Waals surface area (Å²) in [4.78, 5) is 12.3. The van der Waals surface area contributed by atoms with E-state index >= 15 is 0 Å². The Bertz CT molecular complexity index is 667. The van der Waals surface area contributed by atoms with Crippen molar-refractivity contribution in [3.63, 3.8) is 0 Å². The van der Waals surface area contributed by atoms with Crippen LogP contribution in [-0.4, -0.2) is 15.6 Å². The molecule has 2 aromatic rings. The van der Waals surface area contributed by atoms with E-state index in [9.17, 15) is 4.79 Å². The van der Waals surface area contributed by atoms with Crippen LogP contribution >= 0.6 is 39.1 Å². The SMILES string of the molecule is CCn1nc(C)c(Br)c1CC(=O)c1ccc(Cl)c(Cl)c1. The maximum atomic E-state index is 12.3. The van der Waals surface area contributed by atoms with Crippen LogP contribution in [0.25, 0.3) is 0 Å². The van der Waals surface area contributed by atoms with E-state index in [1.807, 2.05) is 18.5 Å². The van der Waals surface area contributed by atoms with Crippen molar-refractivity contribution < 1.29 is 4.79 Å². The normalized spacial score (nSPS) is 10.8. The monoisotopic (exact) mass is 374 g/mol. The minimum absolute atomic E-state index is 0.0149. The molecule has 0 bridgehead atoms. The molecule has 0 saturated heterocycles. The van der Waals surface area contributed by atoms with E-state index in [-0.39, 0.29) is 12.2 Å². The number of carbonyl (C=O) groups is 1. The van der Waals surface area contributed by atoms with E-state index in [2.05, 4.69) is 21.0 Å². The first-order valence-corrected chi connectivity index (χ1v) is 7.69. The van der Waals surface area contributed by atoms with Crippen LogP contribution in [0.1, 0.15) is 28.7 Å². The molecule has 0 fully saturated rings. The first-order chi connectivity index (χ1) is 9.43. The summed E-state index contributed by atoms with van der Waals surface area (Å²) in [5.41, 5.74) is 2.30. The third-order valence-corrected chi connectivity index (χ3v) is 4.79. The number of aryl methyl sites for hydroxylation is 2. The molecular weight excluding hydrogens is 363 g/mol. The largest absolute Gasteiger partial charge is 0.294 e. The van der Waals surface area contributed by atoms with Gasteiger partial charge in [0.1, 0.15) is 0 Å². The summed E-state index contributed by atoms with van der Waals surface area (Å²) in [6, 6.07) is 4.91. The summed E-state index contributed by atoms with van der Waals surface area (Å²) < 4.78 is 2.71. The van der Waals surface area contributed by atoms with E-state index in [1.54, 1.807) is 18.2 Å². The van der Waals surface area contributed by atoms with Crippen LogP contribution in [0.3, 0.4) is 0 Å². The molecule has 0 saturated carbocycles. The Morgan fingerprint density at radius 3 is 2.65 bits per heavy atom. The lowest BCUT2D eigenvalue weighted by atomic mass is 10.1. The van der Waals surface area contributed by atoms with Crippen LogP contribution in [0, 0.1) is 6.92 Å². The lowest BCUT2D eigenvalue weighted by Crippen LogP contribution is -2.10. The summed E-state index contributed by atoms with van der Waals surface area (Å²) in [7, 11) is 0. The molecule has 1 aromatic heterocycles. The lowest BCUT2D eigenvalue weighted by molar-refractivity contribution is 0.0990. The standard InChI is InChI=1S/C14H13BrCl2N2O/c1-3-19-12(14(15)8(2)18-19)7-13(20)9-4-5-10(16)11(17)6-9/h4-6H,3,7H2,1-2H3. The summed E-state index contributed by atoms with van der Waals surface area (Å²) in [6.07, 6.45) is 0.271. The maximum absolute atomic E-state index is 12.3. The predicted octanol–water partition coefficient (Wildman–Crippen LogP) is 4.71. The molecule has 0 spiro atoms. The van der Waals surface area contributed by atoms with Crippen molar-refractivity contribution in [2.45, 2.75) is 26.8 Å². The number of nitrogens with zero attached hydrogens (tertiary/aromatic N) is 2. The van der Waals surface area contributed by atoms with E-state index in [1.165, 1.54) is 0 Å². The molecule has 0 unspecified atom stereocenters. The molecule has 106 valence electrons. The topological polar surface area (TPSA) is 34.9 Å². The molecular formula is C14H13BrCl2N2O. The summed E-state index contributed by atoms with van der Waals surface area (Å²) in [5.74, 6) is -0.0149. The number of Topliss-reactive ketones (excluding diaryl/α,β-unsaturated/α-hetero) is 1. The van der Waals surface area contributed by atoms with Gasteiger partial charge in [-0.1, -0.05) is 23.2 Å². The van der Waals surface area contributed by atoms with E-state index in [0.29, 0.717) is 15.6 Å². The second-order valence-corrected chi connectivity index (χ2v) is 6.00. The first-order valence-electron chi connectivity index (χ1n) is 6.14. The van der Waals surface area contributed by atoms with Crippen molar-refractivity contribution in [2.75, 3.05) is 0 Å². The van der Waals surface area contributed by atoms with Gasteiger partial charge in [-0.2, -0.15) is 5.10 Å². The Labute approximate surface area is 136 Å². The number of hydrogen-bond acceptors (Lipinski definition) is 2. The second kappa shape index (κ2) is 6.29. The van der Waals surface area contributed by atoms with Crippen molar-refractivity contribution in [1.82, 2.24) is 9.78 Å². The van der Waals surface area contributed by atoms with Gasteiger partial charge in [0.05, 0.1) is 32.3 Å². The van der Waals surface area contributed by atoms with Crippen molar-refractivity contribution in [2.24, 2.45) is 0 Å². The van der Waals surface area contributed by atoms with E-state index in [4.69, 9.17) is 23.2 Å². The molecule has 1 aromatic carbocycles. The van der Waals surface area contributed by atoms with Gasteiger partial charge in [0.25, 0.3) is 0 Å². The first kappa shape index (κ1) is 15.5. The van der Waals surface area contributed by atoms with Gasteiger partial charge >= 0.3 is 0 Å². The summed E-state index contributed by atoms with van der Waals surface area (Å²) >= 11 is 15.3. The van der Waals surface area contributed by atoms with Crippen LogP contribution in [0.2, 0.25) is 10.0 Å². The van der Waals surface area contributed by atoms with Gasteiger partial charge in [-0.25, -0.2) is 0 Å². The Morgan fingerprint density at radius 2 is 2.05 bits per heavy atom. The third kappa shape index (κ3) is 3.08. The van der Waals surface area contributed by atoms with Gasteiger partial charge in [0, 0.05) is 12.1 Å². The smallest absolute Gasteiger partial charge is 0.168 e. The average molecular weight is 376 g/mol.